The van der Waals surface area contributed by atoms with Crippen LogP contribution in [0.3, 0.4) is 0 Å². The molecule has 4 nitrogen and oxygen atoms in total. The highest BCUT2D eigenvalue weighted by molar-refractivity contribution is 5.98. The molecule has 0 bridgehead atoms. The SMILES string of the molecule is [2H]c1cc(-c2ccc(C(C(C)(C)C)C(C)(C)C)cc2C([2H])([2H])[2H])cc([2H])c1-c1ccnc(-c2cc(-c3cccc4c3nc(-c3cc(C(C)(C)C)cc(C(C)(C)C)c3O)n4-c3ccc(C(C)(C)C)cc3-c3ccccc3)cc(C(C)(C)C)c2)c1. The molecule has 2 heterocycles. The molecule has 0 saturated heterocycles. The van der Waals surface area contributed by atoms with E-state index in [0.29, 0.717) is 39.3 Å². The van der Waals surface area contributed by atoms with Gasteiger partial charge in [0.15, 0.2) is 0 Å². The molecule has 7 aromatic carbocycles. The van der Waals surface area contributed by atoms with Gasteiger partial charge < -0.3 is 5.11 Å². The number of aryl methyl sites for hydroxylation is 1. The van der Waals surface area contributed by atoms with Crippen LogP contribution < -0.4 is 0 Å². The summed E-state index contributed by atoms with van der Waals surface area (Å²) < 4.78 is 47.3. The largest absolute Gasteiger partial charge is 0.507 e. The van der Waals surface area contributed by atoms with Crippen molar-refractivity contribution in [2.75, 3.05) is 0 Å². The fraction of sp³-hybridized carbons (Fsp3) is 0.351. The van der Waals surface area contributed by atoms with Gasteiger partial charge in [-0.25, -0.2) is 4.98 Å². The number of pyridine rings is 1. The first-order chi connectivity index (χ1) is 38.3. The normalized spacial score (nSPS) is 14.1. The quantitative estimate of drug-likeness (QED) is 0.165. The molecule has 2 aromatic heterocycles. The lowest BCUT2D eigenvalue weighted by molar-refractivity contribution is 0.176. The van der Waals surface area contributed by atoms with Gasteiger partial charge in [0.05, 0.1) is 30.7 Å². The first-order valence-corrected chi connectivity index (χ1v) is 27.8. The average Bonchev–Trinajstić information content (AvgIpc) is 2.02. The molecular weight excluding hydrogens is 947 g/mol. The van der Waals surface area contributed by atoms with Crippen molar-refractivity contribution in [2.24, 2.45) is 10.8 Å². The van der Waals surface area contributed by atoms with E-state index < -0.39 is 6.85 Å². The predicted molar refractivity (Wildman–Crippen MR) is 334 cm³/mol. The maximum absolute atomic E-state index is 12.7. The Labute approximate surface area is 475 Å². The van der Waals surface area contributed by atoms with Crippen molar-refractivity contribution in [1.82, 2.24) is 14.5 Å². The smallest absolute Gasteiger partial charge is 0.149 e. The van der Waals surface area contributed by atoms with E-state index in [4.69, 9.17) is 14.1 Å². The molecule has 0 aliphatic carbocycles. The van der Waals surface area contributed by atoms with E-state index in [-0.39, 0.29) is 61.8 Å². The van der Waals surface area contributed by atoms with E-state index in [1.807, 2.05) is 36.4 Å². The third-order valence-electron chi connectivity index (χ3n) is 15.5. The number of fused-ring (bicyclic) bond motifs is 1. The first-order valence-electron chi connectivity index (χ1n) is 30.3. The van der Waals surface area contributed by atoms with Crippen molar-refractivity contribution in [2.45, 2.75) is 159 Å². The number of nitrogens with zero attached hydrogens (tertiary/aromatic N) is 3. The molecule has 1 N–H and O–H groups in total. The molecule has 0 radical (unpaired) electrons. The second-order valence-electron chi connectivity index (χ2n) is 28.1. The summed E-state index contributed by atoms with van der Waals surface area (Å²) >= 11 is 0. The van der Waals surface area contributed by atoms with Gasteiger partial charge in [0.25, 0.3) is 0 Å². The number of aromatic nitrogens is 3. The summed E-state index contributed by atoms with van der Waals surface area (Å²) in [5.74, 6) is 0.913. The number of aromatic hydroxyl groups is 1. The molecule has 0 aliphatic heterocycles. The molecule has 9 aromatic rings. The second kappa shape index (κ2) is 20.0. The summed E-state index contributed by atoms with van der Waals surface area (Å²) in [6, 6.07) is 47.6. The fourth-order valence-electron chi connectivity index (χ4n) is 11.7. The lowest BCUT2D eigenvalue weighted by atomic mass is 9.63. The Hall–Kier alpha value is -7.04. The van der Waals surface area contributed by atoms with Gasteiger partial charge in [-0.15, -0.1) is 0 Å². The molecule has 9 rings (SSSR count). The number of benzene rings is 7. The third-order valence-corrected chi connectivity index (χ3v) is 15.5. The standard InChI is InChI=1S/C74H85N3O/c1-46-38-51(67(73(14,15)16)74(17,18)19)32-34-57(46)49-30-28-47(29-31-49)50-36-37-75-62(42-50)53-39-52(40-55(41-53)70(5,6)7)58-26-23-27-64-65(58)76-68(60-44-56(71(8,9)10)45-61(66(60)78)72(11,12)13)77(64)63-35-33-54(69(2,3)4)43-59(63)48-24-21-20-22-25-48/h20-45,67,78H,1-19H3/i1D3,28D,29D. The molecule has 0 aliphatic rings. The van der Waals surface area contributed by atoms with Crippen LogP contribution in [0.1, 0.15) is 171 Å². The number of hydrogen-bond acceptors (Lipinski definition) is 3. The van der Waals surface area contributed by atoms with E-state index in [1.54, 1.807) is 18.3 Å². The van der Waals surface area contributed by atoms with Crippen molar-refractivity contribution >= 4 is 11.0 Å². The maximum atomic E-state index is 12.7. The van der Waals surface area contributed by atoms with Crippen LogP contribution in [0.5, 0.6) is 5.75 Å². The number of rotatable bonds is 8. The first kappa shape index (κ1) is 49.3. The van der Waals surface area contributed by atoms with E-state index in [2.05, 4.69) is 220 Å². The minimum Gasteiger partial charge on any atom is -0.507 e. The molecule has 0 unspecified atom stereocenters. The second-order valence-corrected chi connectivity index (χ2v) is 28.1. The van der Waals surface area contributed by atoms with E-state index in [9.17, 15) is 7.85 Å². The van der Waals surface area contributed by atoms with Gasteiger partial charge in [-0.3, -0.25) is 9.55 Å². The Morgan fingerprint density at radius 2 is 1.09 bits per heavy atom. The summed E-state index contributed by atoms with van der Waals surface area (Å²) in [4.78, 5) is 10.7. The lowest BCUT2D eigenvalue weighted by Crippen LogP contribution is -2.30. The van der Waals surface area contributed by atoms with Crippen LogP contribution in [0.25, 0.3) is 83.9 Å². The van der Waals surface area contributed by atoms with E-state index in [0.717, 1.165) is 66.8 Å². The monoisotopic (exact) mass is 1040 g/mol. The molecule has 78 heavy (non-hydrogen) atoms. The number of phenolic OH excluding ortho intramolecular Hbond substituents is 1. The van der Waals surface area contributed by atoms with Gasteiger partial charge in [0, 0.05) is 32.6 Å². The third kappa shape index (κ3) is 11.2. The van der Waals surface area contributed by atoms with Gasteiger partial charge in [-0.2, -0.15) is 0 Å². The van der Waals surface area contributed by atoms with Gasteiger partial charge in [-0.1, -0.05) is 228 Å². The van der Waals surface area contributed by atoms with Crippen LogP contribution in [-0.2, 0) is 21.7 Å². The average molecular weight is 1040 g/mol. The predicted octanol–water partition coefficient (Wildman–Crippen LogP) is 20.8. The molecule has 4 heteroatoms. The zero-order valence-corrected chi connectivity index (χ0v) is 49.7. The summed E-state index contributed by atoms with van der Waals surface area (Å²) in [7, 11) is 0. The topological polar surface area (TPSA) is 50.9 Å². The molecular formula is C74H85N3O. The van der Waals surface area contributed by atoms with Crippen molar-refractivity contribution in [3.05, 3.63) is 191 Å². The highest BCUT2D eigenvalue weighted by Gasteiger charge is 2.36. The van der Waals surface area contributed by atoms with Crippen LogP contribution in [0, 0.1) is 17.7 Å². The Kier molecular flexibility index (Phi) is 12.6. The fourth-order valence-corrected chi connectivity index (χ4v) is 11.7. The molecule has 0 fully saturated rings. The molecule has 0 spiro atoms. The Morgan fingerprint density at radius 1 is 0.474 bits per heavy atom. The number of hydrogen-bond donors (Lipinski definition) is 1. The zero-order valence-electron chi connectivity index (χ0n) is 54.7. The summed E-state index contributed by atoms with van der Waals surface area (Å²) in [6.07, 6.45) is 1.74. The Bertz CT molecular complexity index is 3900. The van der Waals surface area contributed by atoms with E-state index in [1.165, 1.54) is 5.56 Å². The number of para-hydroxylation sites is 1. The molecule has 0 amide bonds. The van der Waals surface area contributed by atoms with Crippen molar-refractivity contribution in [3.63, 3.8) is 0 Å². The highest BCUT2D eigenvalue weighted by atomic mass is 16.3. The van der Waals surface area contributed by atoms with E-state index >= 15 is 0 Å². The van der Waals surface area contributed by atoms with Gasteiger partial charge in [0.2, 0.25) is 0 Å². The van der Waals surface area contributed by atoms with Crippen LogP contribution >= 0.6 is 0 Å². The lowest BCUT2D eigenvalue weighted by Gasteiger charge is -2.41. The molecule has 0 atom stereocenters. The van der Waals surface area contributed by atoms with Crippen molar-refractivity contribution in [1.29, 1.82) is 0 Å². The van der Waals surface area contributed by atoms with Crippen molar-refractivity contribution in [3.8, 4) is 78.6 Å². The Balaban J connectivity index is 1.24. The minimum absolute atomic E-state index is 0.0716. The summed E-state index contributed by atoms with van der Waals surface area (Å²) in [5, 5.41) is 12.7. The van der Waals surface area contributed by atoms with Crippen LogP contribution in [0.2, 0.25) is 0 Å². The minimum atomic E-state index is -2.43. The van der Waals surface area contributed by atoms with Crippen molar-refractivity contribution < 1.29 is 12.0 Å². The zero-order chi connectivity index (χ0) is 60.9. The highest BCUT2D eigenvalue weighted by Crippen LogP contribution is 2.49. The molecule has 402 valence electrons. The Morgan fingerprint density at radius 3 is 1.71 bits per heavy atom. The number of phenols is 1. The number of imidazole rings is 1. The summed E-state index contributed by atoms with van der Waals surface area (Å²) in [5.41, 5.74) is 15.0. The van der Waals surface area contributed by atoms with Gasteiger partial charge >= 0.3 is 0 Å². The van der Waals surface area contributed by atoms with Crippen LogP contribution in [0.15, 0.2) is 158 Å². The maximum Gasteiger partial charge on any atom is 0.149 e. The van der Waals surface area contributed by atoms with Gasteiger partial charge in [-0.05, 0) is 155 Å². The van der Waals surface area contributed by atoms with Crippen LogP contribution in [0.4, 0.5) is 0 Å². The van der Waals surface area contributed by atoms with Gasteiger partial charge in [0.1, 0.15) is 11.6 Å². The summed E-state index contributed by atoms with van der Waals surface area (Å²) in [6.45, 7) is 37.1. The van der Waals surface area contributed by atoms with Crippen LogP contribution in [-0.4, -0.2) is 19.6 Å². The molecule has 0 saturated carbocycles.